The maximum atomic E-state index is 12.5. The van der Waals surface area contributed by atoms with E-state index in [9.17, 15) is 46.7 Å². The molecular formula is C35H41Br2ClN6O12S2. The highest BCUT2D eigenvalue weighted by Crippen LogP contribution is 2.28. The van der Waals surface area contributed by atoms with Gasteiger partial charge in [-0.05, 0) is 134 Å². The molecule has 4 rings (SSSR count). The Morgan fingerprint density at radius 1 is 0.672 bits per heavy atom. The molecule has 1 amide bonds. The van der Waals surface area contributed by atoms with Crippen molar-refractivity contribution in [3.8, 4) is 11.5 Å². The second kappa shape index (κ2) is 21.3. The number of anilines is 2. The van der Waals surface area contributed by atoms with Crippen LogP contribution in [0.5, 0.6) is 11.5 Å². The average Bonchev–Trinajstić information content (AvgIpc) is 3.05. The minimum absolute atomic E-state index is 0. The van der Waals surface area contributed by atoms with Crippen LogP contribution in [0.2, 0.25) is 0 Å². The Bertz CT molecular complexity index is 2320. The third-order valence-corrected chi connectivity index (χ3v) is 11.7. The van der Waals surface area contributed by atoms with Crippen molar-refractivity contribution in [2.45, 2.75) is 69.8 Å². The number of benzene rings is 4. The van der Waals surface area contributed by atoms with Gasteiger partial charge in [0.15, 0.2) is 0 Å². The normalized spacial score (nSPS) is 11.3. The fourth-order valence-electron chi connectivity index (χ4n) is 4.04. The molecule has 58 heavy (non-hydrogen) atoms. The number of nitrogens with one attached hydrogen (secondary N) is 3. The third kappa shape index (κ3) is 17.8. The molecule has 4 aromatic carbocycles. The summed E-state index contributed by atoms with van der Waals surface area (Å²) < 4.78 is 64.6. The zero-order valence-electron chi connectivity index (χ0n) is 30.9. The molecule has 18 nitrogen and oxygen atoms in total. The summed E-state index contributed by atoms with van der Waals surface area (Å²) in [6.45, 7) is 10.5. The van der Waals surface area contributed by atoms with Gasteiger partial charge in [-0.3, -0.25) is 25.5 Å². The van der Waals surface area contributed by atoms with Crippen molar-refractivity contribution in [1.82, 2.24) is 9.44 Å². The molecule has 0 saturated heterocycles. The van der Waals surface area contributed by atoms with Crippen LogP contribution in [0.1, 0.15) is 49.0 Å². The number of nitro groups is 2. The summed E-state index contributed by atoms with van der Waals surface area (Å²) in [5.41, 5.74) is 3.79. The van der Waals surface area contributed by atoms with Crippen LogP contribution in [-0.4, -0.2) is 49.3 Å². The topological polar surface area (TPSA) is 269 Å². The van der Waals surface area contributed by atoms with Gasteiger partial charge in [0.05, 0.1) is 19.6 Å². The fraction of sp³-hybridized carbons (Fsp3) is 0.257. The molecule has 4 aromatic rings. The minimum Gasteiger partial charge on any atom is -0.414 e. The molecule has 0 radical (unpaired) electrons. The number of nitrogen functional groups attached to an aromatic ring is 1. The summed E-state index contributed by atoms with van der Waals surface area (Å²) in [5, 5.41) is 23.3. The Hall–Kier alpha value is -4.71. The van der Waals surface area contributed by atoms with Gasteiger partial charge in [0.25, 0.3) is 11.4 Å². The molecule has 0 aliphatic carbocycles. The molecule has 0 atom stereocenters. The molecule has 0 saturated carbocycles. The molecule has 0 aliphatic heterocycles. The standard InChI is InChI=1S/C17H18BrN3O6S.C10H15BrN2O2S.C7H4ClNO4.CH4/c1-17(2,3)20-28(25,26)15-10-11(4-9-14(15)18)19-16(22)27-13-7-5-12(6-8-13)21(23)24;1-10(2,3)13-16(14,15)9-6-7(12)4-5-8(9)11;8-7(10)13-6-3-1-5(2-4-6)9(11)12;/h4-10,20H,1-3H3,(H,19,22);4-6,13H,12H2,1-3H3;1-4H;1H4. The maximum Gasteiger partial charge on any atom is 0.417 e. The van der Waals surface area contributed by atoms with Crippen molar-refractivity contribution in [3.05, 3.63) is 114 Å². The van der Waals surface area contributed by atoms with E-state index in [1.165, 1.54) is 72.8 Å². The van der Waals surface area contributed by atoms with Crippen LogP contribution < -0.4 is 30.0 Å². The number of non-ortho nitro benzene ring substituents is 2. The molecule has 316 valence electrons. The van der Waals surface area contributed by atoms with Crippen LogP contribution in [0.25, 0.3) is 0 Å². The predicted octanol–water partition coefficient (Wildman–Crippen LogP) is 9.12. The van der Waals surface area contributed by atoms with Gasteiger partial charge in [-0.25, -0.2) is 35.9 Å². The van der Waals surface area contributed by atoms with E-state index in [4.69, 9.17) is 22.1 Å². The number of carbonyl (C=O) groups is 2. The number of hydrogen-bond acceptors (Lipinski definition) is 13. The lowest BCUT2D eigenvalue weighted by atomic mass is 10.1. The van der Waals surface area contributed by atoms with Gasteiger partial charge < -0.3 is 15.2 Å². The van der Waals surface area contributed by atoms with E-state index in [1.54, 1.807) is 53.7 Å². The highest BCUT2D eigenvalue weighted by Gasteiger charge is 2.26. The number of ether oxygens (including phenoxy) is 2. The summed E-state index contributed by atoms with van der Waals surface area (Å²) in [7, 11) is -7.38. The zero-order valence-corrected chi connectivity index (χ0v) is 36.5. The first kappa shape index (κ1) is 51.3. The molecule has 23 heteroatoms. The molecule has 0 unspecified atom stereocenters. The van der Waals surface area contributed by atoms with E-state index in [2.05, 4.69) is 51.4 Å². The number of sulfonamides is 2. The van der Waals surface area contributed by atoms with Crippen molar-refractivity contribution >= 4 is 97.8 Å². The maximum absolute atomic E-state index is 12.5. The Morgan fingerprint density at radius 2 is 1.05 bits per heavy atom. The Labute approximate surface area is 357 Å². The number of amides is 1. The van der Waals surface area contributed by atoms with Gasteiger partial charge in [-0.2, -0.15) is 0 Å². The van der Waals surface area contributed by atoms with Crippen LogP contribution in [-0.2, 0) is 20.0 Å². The van der Waals surface area contributed by atoms with Gasteiger partial charge in [-0.15, -0.1) is 0 Å². The minimum atomic E-state index is -3.83. The van der Waals surface area contributed by atoms with Gasteiger partial charge in [0.1, 0.15) is 11.5 Å². The smallest absolute Gasteiger partial charge is 0.414 e. The zero-order chi connectivity index (χ0) is 43.5. The van der Waals surface area contributed by atoms with Crippen molar-refractivity contribution in [2.24, 2.45) is 0 Å². The van der Waals surface area contributed by atoms with Crippen molar-refractivity contribution < 1.29 is 45.7 Å². The summed E-state index contributed by atoms with van der Waals surface area (Å²) in [6.07, 6.45) is -0.872. The molecule has 0 aromatic heterocycles. The lowest BCUT2D eigenvalue weighted by Crippen LogP contribution is -2.40. The molecule has 0 aliphatic rings. The van der Waals surface area contributed by atoms with E-state index < -0.39 is 52.5 Å². The first-order valence-electron chi connectivity index (χ1n) is 15.9. The SMILES string of the molecule is C.CC(C)(C)NS(=O)(=O)c1cc(N)ccc1Br.CC(C)(C)NS(=O)(=O)c1cc(NC(=O)Oc2ccc([N+](=O)[O-])cc2)ccc1Br.O=C(Cl)Oc1ccc([N+](=O)[O-])cc1. The highest BCUT2D eigenvalue weighted by molar-refractivity contribution is 9.10. The number of halogens is 3. The largest absolute Gasteiger partial charge is 0.417 e. The first-order valence-corrected chi connectivity index (χ1v) is 20.8. The monoisotopic (exact) mass is 994 g/mol. The first-order chi connectivity index (χ1) is 26.1. The van der Waals surface area contributed by atoms with Crippen LogP contribution >= 0.6 is 43.5 Å². The molecule has 0 bridgehead atoms. The van der Waals surface area contributed by atoms with E-state index in [1.807, 2.05) is 0 Å². The van der Waals surface area contributed by atoms with Crippen LogP contribution in [0.4, 0.5) is 32.3 Å². The summed E-state index contributed by atoms with van der Waals surface area (Å²) in [4.78, 5) is 42.1. The van der Waals surface area contributed by atoms with E-state index in [-0.39, 0.29) is 45.8 Å². The number of nitro benzene ring substituents is 2. The second-order valence-electron chi connectivity index (χ2n) is 13.4. The Morgan fingerprint density at radius 3 is 1.43 bits per heavy atom. The molecule has 5 N–H and O–H groups in total. The summed E-state index contributed by atoms with van der Waals surface area (Å²) in [6, 6.07) is 18.9. The van der Waals surface area contributed by atoms with E-state index >= 15 is 0 Å². The number of rotatable bonds is 9. The quantitative estimate of drug-likeness (QED) is 0.0528. The average molecular weight is 997 g/mol. The lowest BCUT2D eigenvalue weighted by molar-refractivity contribution is -0.385. The summed E-state index contributed by atoms with van der Waals surface area (Å²) >= 11 is 11.3. The van der Waals surface area contributed by atoms with Crippen molar-refractivity contribution in [1.29, 1.82) is 0 Å². The number of nitrogens with zero attached hydrogens (tertiary/aromatic N) is 2. The highest BCUT2D eigenvalue weighted by atomic mass is 79.9. The van der Waals surface area contributed by atoms with Crippen molar-refractivity contribution in [2.75, 3.05) is 11.1 Å². The van der Waals surface area contributed by atoms with Gasteiger partial charge in [0, 0.05) is 67.3 Å². The molecule has 0 heterocycles. The second-order valence-corrected chi connectivity index (χ2v) is 18.7. The third-order valence-electron chi connectivity index (χ3n) is 6.10. The van der Waals surface area contributed by atoms with Crippen LogP contribution in [0.3, 0.4) is 0 Å². The van der Waals surface area contributed by atoms with Gasteiger partial charge in [0.2, 0.25) is 20.0 Å². The van der Waals surface area contributed by atoms with Crippen LogP contribution in [0.15, 0.2) is 104 Å². The van der Waals surface area contributed by atoms with Gasteiger partial charge >= 0.3 is 11.5 Å². The Balaban J connectivity index is 0.000000475. The summed E-state index contributed by atoms with van der Waals surface area (Å²) in [5.74, 6) is 0.271. The van der Waals surface area contributed by atoms with E-state index in [0.29, 0.717) is 14.6 Å². The Kier molecular flexibility index (Phi) is 18.9. The number of hydrogen-bond donors (Lipinski definition) is 4. The number of carbonyl (C=O) groups excluding carboxylic acids is 2. The fourth-order valence-corrected chi connectivity index (χ4v) is 8.96. The lowest BCUT2D eigenvalue weighted by Gasteiger charge is -2.21. The number of nitrogens with two attached hydrogens (primary N) is 1. The van der Waals surface area contributed by atoms with Crippen molar-refractivity contribution in [3.63, 3.8) is 0 Å². The molecular weight excluding hydrogens is 956 g/mol. The van der Waals surface area contributed by atoms with Crippen LogP contribution in [0, 0.1) is 20.2 Å². The molecule has 0 spiro atoms. The van der Waals surface area contributed by atoms with Gasteiger partial charge in [-0.1, -0.05) is 7.43 Å². The van der Waals surface area contributed by atoms with E-state index in [0.717, 1.165) is 0 Å². The molecule has 0 fully saturated rings. The predicted molar refractivity (Wildman–Crippen MR) is 227 cm³/mol.